The van der Waals surface area contributed by atoms with E-state index in [-0.39, 0.29) is 0 Å². The Labute approximate surface area is 123 Å². The van der Waals surface area contributed by atoms with Crippen LogP contribution in [0.5, 0.6) is 0 Å². The molecule has 0 aliphatic rings. The second-order valence-corrected chi connectivity index (χ2v) is 5.32. The third kappa shape index (κ3) is 2.48. The number of benzene rings is 1. The minimum absolute atomic E-state index is 0.434. The van der Waals surface area contributed by atoms with Crippen molar-refractivity contribution in [2.75, 3.05) is 5.73 Å². The molecule has 2 aromatic rings. The van der Waals surface area contributed by atoms with Gasteiger partial charge in [0.25, 0.3) is 0 Å². The molecule has 6 heteroatoms. The van der Waals surface area contributed by atoms with Crippen molar-refractivity contribution in [3.8, 4) is 11.4 Å². The van der Waals surface area contributed by atoms with Gasteiger partial charge in [0, 0.05) is 0 Å². The lowest BCUT2D eigenvalue weighted by molar-refractivity contribution is 1.10. The van der Waals surface area contributed by atoms with Crippen LogP contribution in [0, 0.1) is 10.5 Å². The summed E-state index contributed by atoms with van der Waals surface area (Å²) in [6.45, 7) is 1.87. The molecule has 0 bridgehead atoms. The van der Waals surface area contributed by atoms with E-state index >= 15 is 0 Å². The minimum Gasteiger partial charge on any atom is -0.383 e. The van der Waals surface area contributed by atoms with Crippen LogP contribution in [0.15, 0.2) is 18.2 Å². The lowest BCUT2D eigenvalue weighted by Crippen LogP contribution is -2.02. The number of nitrogens with two attached hydrogens (primary N) is 1. The highest BCUT2D eigenvalue weighted by Crippen LogP contribution is 2.33. The van der Waals surface area contributed by atoms with Crippen molar-refractivity contribution in [3.63, 3.8) is 0 Å². The fraction of sp³-hybridized carbons (Fsp3) is 0.0909. The lowest BCUT2D eigenvalue weighted by Gasteiger charge is -2.08. The Bertz CT molecular complexity index is 544. The zero-order valence-electron chi connectivity index (χ0n) is 8.84. The van der Waals surface area contributed by atoms with E-state index in [4.69, 9.17) is 28.9 Å². The fourth-order valence-corrected chi connectivity index (χ4v) is 2.21. The van der Waals surface area contributed by atoms with Crippen LogP contribution in [-0.2, 0) is 0 Å². The molecule has 0 radical (unpaired) electrons. The zero-order chi connectivity index (χ0) is 12.6. The highest BCUT2D eigenvalue weighted by molar-refractivity contribution is 14.1. The number of nitrogen functional groups attached to an aromatic ring is 1. The fourth-order valence-electron chi connectivity index (χ4n) is 1.40. The number of aromatic nitrogens is 2. The highest BCUT2D eigenvalue weighted by atomic mass is 127. The maximum Gasteiger partial charge on any atom is 0.164 e. The van der Waals surface area contributed by atoms with E-state index in [1.807, 2.05) is 6.92 Å². The summed E-state index contributed by atoms with van der Waals surface area (Å²) in [5.41, 5.74) is 7.24. The molecule has 1 heterocycles. The first kappa shape index (κ1) is 12.9. The standard InChI is InChI=1S/C11H8Cl2IN3/c1-5-9(14)10(15)17-11(16-5)8-6(12)3-2-4-7(8)13/h2-4H,1H3,(H2,15,16,17). The first-order valence-corrected chi connectivity index (χ1v) is 6.58. The quantitative estimate of drug-likeness (QED) is 0.763. The van der Waals surface area contributed by atoms with Crippen molar-refractivity contribution >= 4 is 51.6 Å². The van der Waals surface area contributed by atoms with Crippen molar-refractivity contribution < 1.29 is 0 Å². The Kier molecular flexibility index (Phi) is 3.75. The predicted molar refractivity (Wildman–Crippen MR) is 79.4 cm³/mol. The van der Waals surface area contributed by atoms with Gasteiger partial charge in [-0.2, -0.15) is 0 Å². The first-order chi connectivity index (χ1) is 8.00. The third-order valence-electron chi connectivity index (χ3n) is 2.23. The molecule has 17 heavy (non-hydrogen) atoms. The largest absolute Gasteiger partial charge is 0.383 e. The summed E-state index contributed by atoms with van der Waals surface area (Å²) in [4.78, 5) is 8.57. The molecule has 0 amide bonds. The van der Waals surface area contributed by atoms with Crippen molar-refractivity contribution in [3.05, 3.63) is 37.5 Å². The highest BCUT2D eigenvalue weighted by Gasteiger charge is 2.14. The molecule has 1 aromatic heterocycles. The van der Waals surface area contributed by atoms with E-state index in [0.29, 0.717) is 27.3 Å². The Morgan fingerprint density at radius 3 is 2.29 bits per heavy atom. The lowest BCUT2D eigenvalue weighted by atomic mass is 10.2. The maximum absolute atomic E-state index is 6.10. The Hall–Kier alpha value is -0.590. The van der Waals surface area contributed by atoms with Crippen LogP contribution in [0.2, 0.25) is 10.0 Å². The van der Waals surface area contributed by atoms with Crippen molar-refractivity contribution in [1.82, 2.24) is 9.97 Å². The van der Waals surface area contributed by atoms with Crippen molar-refractivity contribution in [1.29, 1.82) is 0 Å². The second kappa shape index (κ2) is 4.96. The molecule has 0 atom stereocenters. The summed E-state index contributed by atoms with van der Waals surface area (Å²) in [6.07, 6.45) is 0. The maximum atomic E-state index is 6.10. The summed E-state index contributed by atoms with van der Waals surface area (Å²) in [7, 11) is 0. The molecule has 1 aromatic carbocycles. The van der Waals surface area contributed by atoms with Crippen LogP contribution in [-0.4, -0.2) is 9.97 Å². The monoisotopic (exact) mass is 379 g/mol. The molecular weight excluding hydrogens is 372 g/mol. The second-order valence-electron chi connectivity index (χ2n) is 3.43. The topological polar surface area (TPSA) is 51.8 Å². The van der Waals surface area contributed by atoms with E-state index in [0.717, 1.165) is 9.26 Å². The molecule has 2 rings (SSSR count). The Balaban J connectivity index is 2.69. The van der Waals surface area contributed by atoms with Crippen LogP contribution in [0.25, 0.3) is 11.4 Å². The van der Waals surface area contributed by atoms with E-state index in [1.54, 1.807) is 18.2 Å². The number of anilines is 1. The molecule has 2 N–H and O–H groups in total. The first-order valence-electron chi connectivity index (χ1n) is 4.74. The normalized spacial score (nSPS) is 10.6. The van der Waals surface area contributed by atoms with Crippen LogP contribution in [0.1, 0.15) is 5.69 Å². The number of hydrogen-bond donors (Lipinski definition) is 1. The number of aryl methyl sites for hydroxylation is 1. The summed E-state index contributed by atoms with van der Waals surface area (Å²) in [6, 6.07) is 5.27. The average molecular weight is 380 g/mol. The molecular formula is C11H8Cl2IN3. The Morgan fingerprint density at radius 1 is 1.18 bits per heavy atom. The number of nitrogens with zero attached hydrogens (tertiary/aromatic N) is 2. The van der Waals surface area contributed by atoms with Gasteiger partial charge in [0.15, 0.2) is 5.82 Å². The summed E-state index contributed by atoms with van der Waals surface area (Å²) >= 11 is 14.3. The molecule has 0 saturated heterocycles. The van der Waals surface area contributed by atoms with Gasteiger partial charge in [-0.1, -0.05) is 29.3 Å². The minimum atomic E-state index is 0.434. The SMILES string of the molecule is Cc1nc(-c2c(Cl)cccc2Cl)nc(N)c1I. The summed E-state index contributed by atoms with van der Waals surface area (Å²) in [5, 5.41) is 1.02. The average Bonchev–Trinajstić information content (AvgIpc) is 2.25. The van der Waals surface area contributed by atoms with E-state index in [2.05, 4.69) is 32.6 Å². The molecule has 0 unspecified atom stereocenters. The smallest absolute Gasteiger partial charge is 0.164 e. The molecule has 0 saturated carbocycles. The van der Waals surface area contributed by atoms with Gasteiger partial charge in [0.2, 0.25) is 0 Å². The van der Waals surface area contributed by atoms with Crippen molar-refractivity contribution in [2.45, 2.75) is 6.92 Å². The summed E-state index contributed by atoms with van der Waals surface area (Å²) in [5.74, 6) is 0.889. The molecule has 0 fully saturated rings. The van der Waals surface area contributed by atoms with Gasteiger partial charge < -0.3 is 5.73 Å². The molecule has 88 valence electrons. The Morgan fingerprint density at radius 2 is 1.76 bits per heavy atom. The number of rotatable bonds is 1. The van der Waals surface area contributed by atoms with E-state index in [1.165, 1.54) is 0 Å². The van der Waals surface area contributed by atoms with Gasteiger partial charge in [0.05, 0.1) is 24.9 Å². The zero-order valence-corrected chi connectivity index (χ0v) is 12.5. The molecule has 0 aliphatic carbocycles. The number of halogens is 3. The summed E-state index contributed by atoms with van der Waals surface area (Å²) < 4.78 is 0.842. The van der Waals surface area contributed by atoms with Crippen LogP contribution < -0.4 is 5.73 Å². The molecule has 0 aliphatic heterocycles. The van der Waals surface area contributed by atoms with Gasteiger partial charge in [-0.3, -0.25) is 0 Å². The number of hydrogen-bond acceptors (Lipinski definition) is 3. The van der Waals surface area contributed by atoms with Crippen LogP contribution >= 0.6 is 45.8 Å². The van der Waals surface area contributed by atoms with Gasteiger partial charge in [-0.15, -0.1) is 0 Å². The van der Waals surface area contributed by atoms with Gasteiger partial charge in [-0.05, 0) is 41.6 Å². The van der Waals surface area contributed by atoms with E-state index < -0.39 is 0 Å². The van der Waals surface area contributed by atoms with E-state index in [9.17, 15) is 0 Å². The van der Waals surface area contributed by atoms with Gasteiger partial charge in [-0.25, -0.2) is 9.97 Å². The third-order valence-corrected chi connectivity index (χ3v) is 4.19. The van der Waals surface area contributed by atoms with Crippen molar-refractivity contribution in [2.24, 2.45) is 0 Å². The van der Waals surface area contributed by atoms with Crippen LogP contribution in [0.3, 0.4) is 0 Å². The predicted octanol–water partition coefficient (Wildman–Crippen LogP) is 3.95. The molecule has 3 nitrogen and oxygen atoms in total. The molecule has 0 spiro atoms. The van der Waals surface area contributed by atoms with Gasteiger partial charge >= 0.3 is 0 Å². The van der Waals surface area contributed by atoms with Gasteiger partial charge in [0.1, 0.15) is 5.82 Å². The van der Waals surface area contributed by atoms with Crippen LogP contribution in [0.4, 0.5) is 5.82 Å².